The van der Waals surface area contributed by atoms with Gasteiger partial charge in [-0.1, -0.05) is 13.3 Å². The third-order valence-corrected chi connectivity index (χ3v) is 2.96. The van der Waals surface area contributed by atoms with Crippen molar-refractivity contribution < 1.29 is 9.84 Å². The van der Waals surface area contributed by atoms with Crippen LogP contribution in [0.4, 0.5) is 5.69 Å². The molecular formula is C15H25IN2O2. The molecule has 4 nitrogen and oxygen atoms in total. The van der Waals surface area contributed by atoms with Gasteiger partial charge in [-0.2, -0.15) is 0 Å². The van der Waals surface area contributed by atoms with Crippen molar-refractivity contribution in [3.8, 4) is 5.75 Å². The van der Waals surface area contributed by atoms with Crippen LogP contribution in [0.3, 0.4) is 0 Å². The molecule has 0 amide bonds. The summed E-state index contributed by atoms with van der Waals surface area (Å²) in [6.45, 7) is 2.17. The van der Waals surface area contributed by atoms with Gasteiger partial charge in [0.05, 0.1) is 21.1 Å². The predicted octanol–water partition coefficient (Wildman–Crippen LogP) is 2.57. The molecule has 0 aliphatic carbocycles. The third kappa shape index (κ3) is 5.66. The first-order valence-corrected chi connectivity index (χ1v) is 6.65. The Hall–Kier alpha value is -0.820. The van der Waals surface area contributed by atoms with Gasteiger partial charge in [0, 0.05) is 24.4 Å². The lowest BCUT2D eigenvalue weighted by Crippen LogP contribution is -2.35. The average molecular weight is 392 g/mol. The third-order valence-electron chi connectivity index (χ3n) is 2.96. The van der Waals surface area contributed by atoms with E-state index in [1.165, 1.54) is 18.3 Å². The van der Waals surface area contributed by atoms with E-state index in [2.05, 4.69) is 33.1 Å². The molecular weight excluding hydrogens is 367 g/mol. The van der Waals surface area contributed by atoms with Gasteiger partial charge in [0.1, 0.15) is 11.8 Å². The predicted molar refractivity (Wildman–Crippen MR) is 94.0 cm³/mol. The highest BCUT2D eigenvalue weighted by Gasteiger charge is 2.17. The van der Waals surface area contributed by atoms with Crippen molar-refractivity contribution in [3.63, 3.8) is 0 Å². The summed E-state index contributed by atoms with van der Waals surface area (Å²) in [6.07, 6.45) is 2.71. The van der Waals surface area contributed by atoms with E-state index in [1.54, 1.807) is 0 Å². The van der Waals surface area contributed by atoms with Crippen molar-refractivity contribution in [2.75, 3.05) is 28.2 Å². The molecule has 1 rings (SSSR count). The van der Waals surface area contributed by atoms with Gasteiger partial charge in [-0.25, -0.2) is 0 Å². The molecule has 1 aromatic rings. The highest BCUT2D eigenvalue weighted by Crippen LogP contribution is 2.28. The number of ether oxygens (including phenoxy) is 1. The molecule has 0 radical (unpaired) electrons. The lowest BCUT2D eigenvalue weighted by Gasteiger charge is -2.27. The minimum atomic E-state index is -0.556. The zero-order valence-corrected chi connectivity index (χ0v) is 15.3. The van der Waals surface area contributed by atoms with E-state index >= 15 is 0 Å². The molecule has 0 spiro atoms. The second-order valence-corrected chi connectivity index (χ2v) is 5.50. The first-order chi connectivity index (χ1) is 8.88. The van der Waals surface area contributed by atoms with Crippen molar-refractivity contribution >= 4 is 35.7 Å². The second-order valence-electron chi connectivity index (χ2n) is 5.50. The van der Waals surface area contributed by atoms with Gasteiger partial charge in [0.2, 0.25) is 0 Å². The van der Waals surface area contributed by atoms with Crippen LogP contribution in [0.2, 0.25) is 0 Å². The Morgan fingerprint density at radius 2 is 1.95 bits per heavy atom. The maximum Gasteiger partial charge on any atom is 0.149 e. The van der Waals surface area contributed by atoms with Crippen LogP contribution in [-0.4, -0.2) is 34.3 Å². The Kier molecular flexibility index (Phi) is 8.12. The number of rotatable bonds is 5. The fraction of sp³-hybridized carbons (Fsp3) is 0.533. The summed E-state index contributed by atoms with van der Waals surface area (Å²) in [6, 6.07) is 5.82. The lowest BCUT2D eigenvalue weighted by molar-refractivity contribution is -0.240. The molecule has 5 heteroatoms. The minimum Gasteiger partial charge on any atom is -0.567 e. The van der Waals surface area contributed by atoms with Gasteiger partial charge in [0.15, 0.2) is 0 Å². The summed E-state index contributed by atoms with van der Waals surface area (Å²) in [5.41, 5.74) is 2.48. The fourth-order valence-corrected chi connectivity index (χ4v) is 1.99. The van der Waals surface area contributed by atoms with E-state index in [4.69, 9.17) is 4.74 Å². The highest BCUT2D eigenvalue weighted by molar-refractivity contribution is 14.0. The maximum atomic E-state index is 11.2. The SMILES string of the molecule is CCCCc1cc(OC([O-])=NC)ccc1[N+](C)(C)C.I. The summed E-state index contributed by atoms with van der Waals surface area (Å²) >= 11 is 0. The van der Waals surface area contributed by atoms with E-state index in [-0.39, 0.29) is 24.0 Å². The van der Waals surface area contributed by atoms with Crippen LogP contribution in [0.1, 0.15) is 25.3 Å². The van der Waals surface area contributed by atoms with Crippen LogP contribution < -0.4 is 14.3 Å². The molecule has 0 heterocycles. The molecule has 0 saturated heterocycles. The average Bonchev–Trinajstić information content (AvgIpc) is 2.35. The molecule has 0 fully saturated rings. The van der Waals surface area contributed by atoms with Crippen molar-refractivity contribution in [2.24, 2.45) is 4.99 Å². The molecule has 0 unspecified atom stereocenters. The standard InChI is InChI=1S/C15H24N2O2.HI/c1-6-7-8-12-11-13(19-15(18)16-2)9-10-14(12)17(3,4)5;/h9-11H,6-8H2,1-5H3;1H. The van der Waals surface area contributed by atoms with Gasteiger partial charge in [-0.15, -0.1) is 24.0 Å². The number of quaternary nitrogens is 1. The molecule has 0 N–H and O–H groups in total. The summed E-state index contributed by atoms with van der Waals surface area (Å²) < 4.78 is 5.89. The van der Waals surface area contributed by atoms with E-state index in [0.717, 1.165) is 23.7 Å². The highest BCUT2D eigenvalue weighted by atomic mass is 127. The molecule has 0 aliphatic rings. The summed E-state index contributed by atoms with van der Waals surface area (Å²) in [7, 11) is 7.84. The van der Waals surface area contributed by atoms with Crippen molar-refractivity contribution in [3.05, 3.63) is 23.8 Å². The van der Waals surface area contributed by atoms with Gasteiger partial charge >= 0.3 is 0 Å². The molecule has 0 saturated carbocycles. The Labute approximate surface area is 139 Å². The maximum absolute atomic E-state index is 11.2. The van der Waals surface area contributed by atoms with Crippen molar-refractivity contribution in [2.45, 2.75) is 26.2 Å². The van der Waals surface area contributed by atoms with E-state index in [9.17, 15) is 5.11 Å². The van der Waals surface area contributed by atoms with Crippen LogP contribution >= 0.6 is 24.0 Å². The molecule has 20 heavy (non-hydrogen) atoms. The van der Waals surface area contributed by atoms with E-state index in [0.29, 0.717) is 5.75 Å². The zero-order valence-electron chi connectivity index (χ0n) is 13.0. The van der Waals surface area contributed by atoms with Crippen LogP contribution in [0.5, 0.6) is 5.75 Å². The molecule has 0 bridgehead atoms. The lowest BCUT2D eigenvalue weighted by atomic mass is 10.0. The van der Waals surface area contributed by atoms with Gasteiger partial charge in [-0.05, 0) is 25.0 Å². The number of aliphatic imine (C=N–C) groups is 1. The molecule has 1 aromatic carbocycles. The zero-order chi connectivity index (χ0) is 14.5. The van der Waals surface area contributed by atoms with Gasteiger partial charge in [0.25, 0.3) is 0 Å². The van der Waals surface area contributed by atoms with Crippen molar-refractivity contribution in [1.82, 2.24) is 4.48 Å². The van der Waals surface area contributed by atoms with E-state index in [1.807, 2.05) is 18.2 Å². The minimum absolute atomic E-state index is 0. The first-order valence-electron chi connectivity index (χ1n) is 6.65. The summed E-state index contributed by atoms with van der Waals surface area (Å²) in [5, 5.41) is 11.2. The number of benzene rings is 1. The number of hydrogen-bond donors (Lipinski definition) is 0. The molecule has 0 aliphatic heterocycles. The fourth-order valence-electron chi connectivity index (χ4n) is 1.99. The van der Waals surface area contributed by atoms with Crippen LogP contribution in [0.25, 0.3) is 0 Å². The first kappa shape index (κ1) is 19.2. The number of halogens is 1. The smallest absolute Gasteiger partial charge is 0.149 e. The normalized spacial score (nSPS) is 11.9. The van der Waals surface area contributed by atoms with Crippen LogP contribution in [0.15, 0.2) is 23.2 Å². The summed E-state index contributed by atoms with van der Waals surface area (Å²) in [4.78, 5) is 3.48. The van der Waals surface area contributed by atoms with Gasteiger partial charge in [-0.3, -0.25) is 9.48 Å². The number of unbranched alkanes of at least 4 members (excludes halogenated alkanes) is 1. The largest absolute Gasteiger partial charge is 0.567 e. The van der Waals surface area contributed by atoms with Crippen LogP contribution in [-0.2, 0) is 6.42 Å². The second kappa shape index (κ2) is 8.46. The Morgan fingerprint density at radius 1 is 1.30 bits per heavy atom. The van der Waals surface area contributed by atoms with Gasteiger partial charge < -0.3 is 9.84 Å². The topological polar surface area (TPSA) is 44.6 Å². The van der Waals surface area contributed by atoms with Crippen molar-refractivity contribution in [1.29, 1.82) is 0 Å². The molecule has 114 valence electrons. The number of nitrogens with zero attached hydrogens (tertiary/aromatic N) is 2. The Balaban J connectivity index is 0.00000361. The van der Waals surface area contributed by atoms with Crippen LogP contribution in [0, 0.1) is 0 Å². The molecule has 0 atom stereocenters. The number of aryl methyl sites for hydroxylation is 1. The number of hydrogen-bond acceptors (Lipinski definition) is 3. The molecule has 0 aromatic heterocycles. The Morgan fingerprint density at radius 3 is 2.45 bits per heavy atom. The monoisotopic (exact) mass is 392 g/mol. The Bertz CT molecular complexity index is 454. The van der Waals surface area contributed by atoms with E-state index < -0.39 is 6.08 Å². The summed E-state index contributed by atoms with van der Waals surface area (Å²) in [5.74, 6) is 0.568. The quantitative estimate of drug-likeness (QED) is 0.335.